The number of sulfonamides is 1. The van der Waals surface area contributed by atoms with Gasteiger partial charge in [0.05, 0.1) is 4.90 Å². The second-order valence-corrected chi connectivity index (χ2v) is 8.71. The van der Waals surface area contributed by atoms with E-state index in [1.807, 2.05) is 30.3 Å². The Balaban J connectivity index is 1.95. The van der Waals surface area contributed by atoms with Crippen molar-refractivity contribution in [3.8, 4) is 0 Å². The van der Waals surface area contributed by atoms with Gasteiger partial charge in [0.1, 0.15) is 5.69 Å². The first-order valence-electron chi connectivity index (χ1n) is 8.69. The number of carbonyl (C=O) groups is 1. The lowest BCUT2D eigenvalue weighted by atomic mass is 10.0. The molecule has 30 heavy (non-hydrogen) atoms. The van der Waals surface area contributed by atoms with Crippen molar-refractivity contribution in [2.24, 2.45) is 21.6 Å². The first-order valence-corrected chi connectivity index (χ1v) is 11.1. The summed E-state index contributed by atoms with van der Waals surface area (Å²) < 4.78 is 22.9. The van der Waals surface area contributed by atoms with Crippen molar-refractivity contribution in [1.29, 1.82) is 0 Å². The number of aromatic nitrogens is 1. The molecule has 1 amide bonds. The molecule has 6 N–H and O–H groups in total. The number of hydrogen-bond donors (Lipinski definition) is 3. The van der Waals surface area contributed by atoms with Gasteiger partial charge in [-0.1, -0.05) is 42.5 Å². The Hall–Kier alpha value is -3.34. The summed E-state index contributed by atoms with van der Waals surface area (Å²) in [6.45, 7) is 0. The van der Waals surface area contributed by atoms with Gasteiger partial charge in [0.2, 0.25) is 15.2 Å². The molecule has 3 aromatic rings. The first-order chi connectivity index (χ1) is 14.2. The number of nitrogens with two attached hydrogens (primary N) is 3. The third-order valence-electron chi connectivity index (χ3n) is 4.15. The van der Waals surface area contributed by atoms with Crippen LogP contribution in [0.4, 0.5) is 5.13 Å². The molecule has 0 spiro atoms. The largest absolute Gasteiger partial charge is 0.398 e. The van der Waals surface area contributed by atoms with Gasteiger partial charge >= 0.3 is 0 Å². The minimum Gasteiger partial charge on any atom is -0.398 e. The molecule has 154 valence electrons. The summed E-state index contributed by atoms with van der Waals surface area (Å²) in [4.78, 5) is 19.6. The standard InChI is InChI=1S/C20H19N5O3S2/c21-18(14-4-2-1-3-5-14)15(11-24-20-25-17(12-29-20)19(22)26)10-13-6-8-16(9-7-13)30(23,27)28/h1-9,11-12H,10,21H2,(H2,22,26)(H2,23,27,28). The predicted molar refractivity (Wildman–Crippen MR) is 118 cm³/mol. The van der Waals surface area contributed by atoms with E-state index in [4.69, 9.17) is 16.6 Å². The molecule has 0 unspecified atom stereocenters. The van der Waals surface area contributed by atoms with Crippen LogP contribution in [-0.2, 0) is 16.4 Å². The lowest BCUT2D eigenvalue weighted by Gasteiger charge is -2.09. The SMILES string of the molecule is NC(=O)c1csc(N=CC(Cc2ccc(S(N)(=O)=O)cc2)=C(N)c2ccccc2)n1. The minimum atomic E-state index is -3.77. The van der Waals surface area contributed by atoms with Crippen molar-refractivity contribution in [2.45, 2.75) is 11.3 Å². The first kappa shape index (κ1) is 21.4. The highest BCUT2D eigenvalue weighted by Gasteiger charge is 2.10. The number of thiazole rings is 1. The highest BCUT2D eigenvalue weighted by molar-refractivity contribution is 7.89. The summed E-state index contributed by atoms with van der Waals surface area (Å²) in [6.07, 6.45) is 1.97. The van der Waals surface area contributed by atoms with Crippen molar-refractivity contribution >= 4 is 44.3 Å². The summed E-state index contributed by atoms with van der Waals surface area (Å²) in [6, 6.07) is 15.6. The van der Waals surface area contributed by atoms with Gasteiger partial charge in [0.15, 0.2) is 0 Å². The molecule has 10 heteroatoms. The van der Waals surface area contributed by atoms with Crippen molar-refractivity contribution in [3.05, 3.63) is 82.4 Å². The lowest BCUT2D eigenvalue weighted by molar-refractivity contribution is 0.0996. The molecule has 0 radical (unpaired) electrons. The molecule has 2 aromatic carbocycles. The number of primary amides is 1. The van der Waals surface area contributed by atoms with Gasteiger partial charge < -0.3 is 11.5 Å². The Morgan fingerprint density at radius 2 is 1.73 bits per heavy atom. The van der Waals surface area contributed by atoms with E-state index in [-0.39, 0.29) is 10.6 Å². The van der Waals surface area contributed by atoms with Crippen LogP contribution in [0.15, 0.2) is 75.4 Å². The molecule has 0 fully saturated rings. The van der Waals surface area contributed by atoms with E-state index in [1.54, 1.807) is 18.3 Å². The number of rotatable bonds is 7. The Morgan fingerprint density at radius 3 is 2.30 bits per heavy atom. The van der Waals surface area contributed by atoms with E-state index in [2.05, 4.69) is 9.98 Å². The van der Waals surface area contributed by atoms with Crippen molar-refractivity contribution < 1.29 is 13.2 Å². The van der Waals surface area contributed by atoms with Crippen LogP contribution in [-0.4, -0.2) is 25.5 Å². The number of allylic oxidation sites excluding steroid dienone is 1. The highest BCUT2D eigenvalue weighted by atomic mass is 32.2. The quantitative estimate of drug-likeness (QED) is 0.479. The van der Waals surface area contributed by atoms with E-state index in [0.29, 0.717) is 22.8 Å². The molecule has 0 atom stereocenters. The smallest absolute Gasteiger partial charge is 0.268 e. The van der Waals surface area contributed by atoms with E-state index < -0.39 is 15.9 Å². The summed E-state index contributed by atoms with van der Waals surface area (Å²) >= 11 is 1.18. The molecular formula is C20H19N5O3S2. The monoisotopic (exact) mass is 441 g/mol. The number of amides is 1. The number of nitrogens with zero attached hydrogens (tertiary/aromatic N) is 2. The second-order valence-electron chi connectivity index (χ2n) is 6.31. The normalized spacial score (nSPS) is 12.7. The topological polar surface area (TPSA) is 155 Å². The summed E-state index contributed by atoms with van der Waals surface area (Å²) in [5.74, 6) is -0.623. The Bertz CT molecular complexity index is 1210. The van der Waals surface area contributed by atoms with Crippen LogP contribution in [0.3, 0.4) is 0 Å². The molecule has 3 rings (SSSR count). The number of benzene rings is 2. The number of carbonyl (C=O) groups excluding carboxylic acids is 1. The zero-order valence-electron chi connectivity index (χ0n) is 15.7. The van der Waals surface area contributed by atoms with Gasteiger partial charge in [-0.25, -0.2) is 23.5 Å². The maximum atomic E-state index is 11.5. The van der Waals surface area contributed by atoms with Gasteiger partial charge in [-0.05, 0) is 28.8 Å². The van der Waals surface area contributed by atoms with Gasteiger partial charge in [0.25, 0.3) is 5.91 Å². The summed E-state index contributed by atoms with van der Waals surface area (Å²) in [7, 11) is -3.77. The van der Waals surface area contributed by atoms with Crippen molar-refractivity contribution in [3.63, 3.8) is 0 Å². The van der Waals surface area contributed by atoms with Crippen LogP contribution in [0.1, 0.15) is 21.6 Å². The van der Waals surface area contributed by atoms with E-state index >= 15 is 0 Å². The molecule has 0 saturated carbocycles. The van der Waals surface area contributed by atoms with Crippen LogP contribution in [0.2, 0.25) is 0 Å². The van der Waals surface area contributed by atoms with Crippen LogP contribution in [0.5, 0.6) is 0 Å². The minimum absolute atomic E-state index is 0.0308. The molecule has 0 saturated heterocycles. The number of aliphatic imine (C=N–C) groups is 1. The fourth-order valence-electron chi connectivity index (χ4n) is 2.60. The summed E-state index contributed by atoms with van der Waals surface area (Å²) in [5.41, 5.74) is 14.6. The van der Waals surface area contributed by atoms with Crippen LogP contribution in [0.25, 0.3) is 5.70 Å². The Morgan fingerprint density at radius 1 is 1.07 bits per heavy atom. The van der Waals surface area contributed by atoms with Crippen LogP contribution < -0.4 is 16.6 Å². The van der Waals surface area contributed by atoms with Gasteiger partial charge in [-0.2, -0.15) is 0 Å². The van der Waals surface area contributed by atoms with Crippen LogP contribution in [0, 0.1) is 0 Å². The average molecular weight is 442 g/mol. The van der Waals surface area contributed by atoms with Crippen molar-refractivity contribution in [1.82, 2.24) is 4.98 Å². The van der Waals surface area contributed by atoms with Gasteiger partial charge in [0, 0.05) is 23.7 Å². The fraction of sp³-hybridized carbons (Fsp3) is 0.0500. The molecule has 1 heterocycles. The zero-order chi connectivity index (χ0) is 21.7. The molecular weight excluding hydrogens is 422 g/mol. The molecule has 1 aromatic heterocycles. The maximum absolute atomic E-state index is 11.5. The molecule has 0 aliphatic rings. The predicted octanol–water partition coefficient (Wildman–Crippen LogP) is 2.20. The maximum Gasteiger partial charge on any atom is 0.268 e. The third-order valence-corrected chi connectivity index (χ3v) is 5.83. The van der Waals surface area contributed by atoms with Crippen molar-refractivity contribution in [2.75, 3.05) is 0 Å². The van der Waals surface area contributed by atoms with E-state index in [1.165, 1.54) is 28.8 Å². The zero-order valence-corrected chi connectivity index (χ0v) is 17.4. The van der Waals surface area contributed by atoms with Gasteiger partial charge in [-0.3, -0.25) is 4.79 Å². The number of primary sulfonamides is 1. The Labute approximate surface area is 177 Å². The Kier molecular flexibility index (Phi) is 6.40. The lowest BCUT2D eigenvalue weighted by Crippen LogP contribution is -2.12. The molecule has 0 aliphatic carbocycles. The average Bonchev–Trinajstić information content (AvgIpc) is 3.20. The van der Waals surface area contributed by atoms with E-state index in [0.717, 1.165) is 11.1 Å². The summed E-state index contributed by atoms with van der Waals surface area (Å²) in [5, 5.41) is 7.05. The second kappa shape index (κ2) is 8.99. The van der Waals surface area contributed by atoms with Gasteiger partial charge in [-0.15, -0.1) is 11.3 Å². The number of hydrogen-bond acceptors (Lipinski definition) is 7. The molecule has 0 bridgehead atoms. The fourth-order valence-corrected chi connectivity index (χ4v) is 3.77. The third kappa shape index (κ3) is 5.38. The molecule has 8 nitrogen and oxygen atoms in total. The highest BCUT2D eigenvalue weighted by Crippen LogP contribution is 2.21. The molecule has 0 aliphatic heterocycles. The van der Waals surface area contributed by atoms with E-state index in [9.17, 15) is 13.2 Å². The van der Waals surface area contributed by atoms with Crippen LogP contribution >= 0.6 is 11.3 Å².